The summed E-state index contributed by atoms with van der Waals surface area (Å²) in [5.41, 5.74) is 5.54. The first-order valence-electron chi connectivity index (χ1n) is 5.14. The van der Waals surface area contributed by atoms with Gasteiger partial charge >= 0.3 is 0 Å². The quantitative estimate of drug-likeness (QED) is 0.622. The summed E-state index contributed by atoms with van der Waals surface area (Å²) in [6.45, 7) is 1.67. The van der Waals surface area contributed by atoms with Crippen molar-refractivity contribution in [3.63, 3.8) is 0 Å². The van der Waals surface area contributed by atoms with E-state index in [4.69, 9.17) is 52.8 Å². The van der Waals surface area contributed by atoms with Gasteiger partial charge in [0.1, 0.15) is 5.25 Å². The molecule has 1 unspecified atom stereocenters. The second-order valence-electron chi connectivity index (χ2n) is 3.69. The van der Waals surface area contributed by atoms with Gasteiger partial charge in [0.05, 0.1) is 25.7 Å². The normalized spacial score (nSPS) is 13.1. The minimum absolute atomic E-state index is 0.105. The van der Waals surface area contributed by atoms with Crippen molar-refractivity contribution < 1.29 is 8.42 Å². The lowest BCUT2D eigenvalue weighted by molar-refractivity contribution is 0.594. The third-order valence-electron chi connectivity index (χ3n) is 2.32. The lowest BCUT2D eigenvalue weighted by atomic mass is 10.3. The highest BCUT2D eigenvalue weighted by Gasteiger charge is 2.27. The molecule has 0 fully saturated rings. The van der Waals surface area contributed by atoms with Gasteiger partial charge < -0.3 is 5.73 Å². The average molecular weight is 362 g/mol. The smallest absolute Gasteiger partial charge is 0.242 e. The number of halogens is 3. The zero-order valence-electron chi connectivity index (χ0n) is 9.78. The van der Waals surface area contributed by atoms with Crippen LogP contribution < -0.4 is 10.5 Å². The Morgan fingerprint density at radius 1 is 1.32 bits per heavy atom. The average Bonchev–Trinajstić information content (AvgIpc) is 2.25. The van der Waals surface area contributed by atoms with Crippen LogP contribution in [0.25, 0.3) is 0 Å². The Bertz CT molecular complexity index is 605. The first-order valence-corrected chi connectivity index (χ1v) is 8.23. The van der Waals surface area contributed by atoms with Crippen LogP contribution in [0.15, 0.2) is 12.1 Å². The van der Waals surface area contributed by atoms with Gasteiger partial charge in [0.2, 0.25) is 10.0 Å². The van der Waals surface area contributed by atoms with E-state index in [9.17, 15) is 8.42 Å². The summed E-state index contributed by atoms with van der Waals surface area (Å²) >= 11 is 22.2. The van der Waals surface area contributed by atoms with E-state index < -0.39 is 15.3 Å². The monoisotopic (exact) mass is 360 g/mol. The van der Waals surface area contributed by atoms with Crippen LogP contribution in [-0.2, 0) is 10.0 Å². The molecule has 1 aromatic rings. The minimum Gasteiger partial charge on any atom is -0.392 e. The maximum Gasteiger partial charge on any atom is 0.242 e. The summed E-state index contributed by atoms with van der Waals surface area (Å²) in [5, 5.41) is -0.424. The van der Waals surface area contributed by atoms with E-state index >= 15 is 0 Å². The molecule has 0 bridgehead atoms. The Morgan fingerprint density at radius 2 is 1.84 bits per heavy atom. The van der Waals surface area contributed by atoms with Gasteiger partial charge in [-0.25, -0.2) is 8.42 Å². The first-order chi connectivity index (χ1) is 8.69. The number of nitrogens with two attached hydrogens (primary N) is 1. The van der Waals surface area contributed by atoms with Gasteiger partial charge in [0.25, 0.3) is 0 Å². The Hall–Kier alpha value is -0.270. The van der Waals surface area contributed by atoms with Crippen LogP contribution in [0.2, 0.25) is 15.1 Å². The van der Waals surface area contributed by atoms with Crippen molar-refractivity contribution in [2.24, 2.45) is 5.73 Å². The van der Waals surface area contributed by atoms with Crippen molar-refractivity contribution in [3.05, 3.63) is 27.2 Å². The van der Waals surface area contributed by atoms with Crippen molar-refractivity contribution in [3.8, 4) is 0 Å². The van der Waals surface area contributed by atoms with E-state index in [2.05, 4.69) is 4.72 Å². The molecule has 0 spiro atoms. The predicted octanol–water partition coefficient (Wildman–Crippen LogP) is 3.45. The molecule has 0 saturated heterocycles. The van der Waals surface area contributed by atoms with Gasteiger partial charge in [-0.2, -0.15) is 0 Å². The standard InChI is InChI=1S/C10H11Cl3N2O2S2/c1-2-9(10(14)18)19(16,17)15-8-4-6(12)5(11)3-7(8)13/h3-4,9,15H,2H2,1H3,(H2,14,18). The number of sulfonamides is 1. The van der Waals surface area contributed by atoms with E-state index in [1.165, 1.54) is 12.1 Å². The van der Waals surface area contributed by atoms with Gasteiger partial charge in [0, 0.05) is 0 Å². The fourth-order valence-electron chi connectivity index (χ4n) is 1.40. The fourth-order valence-corrected chi connectivity index (χ4v) is 3.96. The van der Waals surface area contributed by atoms with E-state index in [1.54, 1.807) is 6.92 Å². The molecule has 0 heterocycles. The maximum absolute atomic E-state index is 12.1. The van der Waals surface area contributed by atoms with Crippen molar-refractivity contribution in [1.29, 1.82) is 0 Å². The SMILES string of the molecule is CCC(C(N)=S)S(=O)(=O)Nc1cc(Cl)c(Cl)cc1Cl. The Kier molecular flexibility index (Phi) is 5.70. The van der Waals surface area contributed by atoms with Crippen molar-refractivity contribution >= 4 is 67.7 Å². The summed E-state index contributed by atoms with van der Waals surface area (Å²) in [4.78, 5) is -0.105. The fraction of sp³-hybridized carbons (Fsp3) is 0.300. The molecule has 0 aliphatic rings. The van der Waals surface area contributed by atoms with Crippen LogP contribution in [-0.4, -0.2) is 18.7 Å². The number of thiocarbonyl (C=S) groups is 1. The lowest BCUT2D eigenvalue weighted by Gasteiger charge is -2.17. The van der Waals surface area contributed by atoms with Crippen LogP contribution in [0.3, 0.4) is 0 Å². The molecule has 0 radical (unpaired) electrons. The molecule has 0 aliphatic heterocycles. The third-order valence-corrected chi connectivity index (χ3v) is 5.63. The molecule has 0 aromatic heterocycles. The zero-order chi connectivity index (χ0) is 14.8. The molecule has 1 aromatic carbocycles. The predicted molar refractivity (Wildman–Crippen MR) is 84.9 cm³/mol. The molecular formula is C10H11Cl3N2O2S2. The summed E-state index contributed by atoms with van der Waals surface area (Å²) in [7, 11) is -3.78. The van der Waals surface area contributed by atoms with Crippen LogP contribution in [0, 0.1) is 0 Å². The second-order valence-corrected chi connectivity index (χ2v) is 7.25. The summed E-state index contributed by atoms with van der Waals surface area (Å²) < 4.78 is 26.5. The summed E-state index contributed by atoms with van der Waals surface area (Å²) in [5.74, 6) is 0. The number of anilines is 1. The molecule has 1 atom stereocenters. The molecule has 0 saturated carbocycles. The first kappa shape index (κ1) is 16.8. The molecule has 106 valence electrons. The minimum atomic E-state index is -3.78. The van der Waals surface area contributed by atoms with Crippen LogP contribution in [0.1, 0.15) is 13.3 Å². The van der Waals surface area contributed by atoms with Crippen LogP contribution >= 0.6 is 47.0 Å². The van der Waals surface area contributed by atoms with Gasteiger partial charge in [-0.15, -0.1) is 0 Å². The highest BCUT2D eigenvalue weighted by atomic mass is 35.5. The molecule has 0 aliphatic carbocycles. The van der Waals surface area contributed by atoms with Gasteiger partial charge in [0.15, 0.2) is 0 Å². The highest BCUT2D eigenvalue weighted by Crippen LogP contribution is 2.33. The molecule has 19 heavy (non-hydrogen) atoms. The van der Waals surface area contributed by atoms with E-state index in [-0.39, 0.29) is 32.2 Å². The Labute approximate surface area is 132 Å². The maximum atomic E-state index is 12.1. The molecular weight excluding hydrogens is 351 g/mol. The third kappa shape index (κ3) is 4.10. The summed E-state index contributed by atoms with van der Waals surface area (Å²) in [6.07, 6.45) is 0.254. The topological polar surface area (TPSA) is 72.2 Å². The van der Waals surface area contributed by atoms with Crippen LogP contribution in [0.4, 0.5) is 5.69 Å². The van der Waals surface area contributed by atoms with Crippen molar-refractivity contribution in [1.82, 2.24) is 0 Å². The molecule has 1 rings (SSSR count). The molecule has 3 N–H and O–H groups in total. The van der Waals surface area contributed by atoms with Crippen molar-refractivity contribution in [2.75, 3.05) is 4.72 Å². The Balaban J connectivity index is 3.15. The number of nitrogens with one attached hydrogen (secondary N) is 1. The van der Waals surface area contributed by atoms with Gasteiger partial charge in [-0.1, -0.05) is 53.9 Å². The van der Waals surface area contributed by atoms with Crippen molar-refractivity contribution in [2.45, 2.75) is 18.6 Å². The molecule has 0 amide bonds. The van der Waals surface area contributed by atoms with Gasteiger partial charge in [-0.3, -0.25) is 4.72 Å². The highest BCUT2D eigenvalue weighted by molar-refractivity contribution is 7.95. The number of hydrogen-bond acceptors (Lipinski definition) is 3. The summed E-state index contributed by atoms with van der Waals surface area (Å²) in [6, 6.07) is 2.68. The zero-order valence-corrected chi connectivity index (χ0v) is 13.7. The molecule has 4 nitrogen and oxygen atoms in total. The van der Waals surface area contributed by atoms with Gasteiger partial charge in [-0.05, 0) is 18.6 Å². The molecule has 9 heteroatoms. The lowest BCUT2D eigenvalue weighted by Crippen LogP contribution is -2.37. The van der Waals surface area contributed by atoms with E-state index in [0.29, 0.717) is 0 Å². The Morgan fingerprint density at radius 3 is 2.32 bits per heavy atom. The number of hydrogen-bond donors (Lipinski definition) is 2. The number of benzene rings is 1. The van der Waals surface area contributed by atoms with Crippen LogP contribution in [0.5, 0.6) is 0 Å². The van der Waals surface area contributed by atoms with E-state index in [1.807, 2.05) is 0 Å². The second kappa shape index (κ2) is 6.45. The number of rotatable bonds is 5. The largest absolute Gasteiger partial charge is 0.392 e. The van der Waals surface area contributed by atoms with E-state index in [0.717, 1.165) is 0 Å².